The Hall–Kier alpha value is -4.51. The van der Waals surface area contributed by atoms with Gasteiger partial charge in [0, 0.05) is 12.5 Å². The van der Waals surface area contributed by atoms with Gasteiger partial charge in [0.05, 0.1) is 47.3 Å². The average Bonchev–Trinajstić information content (AvgIpc) is 3.77. The van der Waals surface area contributed by atoms with Crippen molar-refractivity contribution < 1.29 is 22.7 Å². The Labute approximate surface area is 262 Å². The number of halogens is 1. The zero-order chi connectivity index (χ0) is 32.4. The molecule has 1 aliphatic rings. The van der Waals surface area contributed by atoms with E-state index in [1.807, 2.05) is 0 Å². The Bertz CT molecular complexity index is 1900. The molecule has 0 saturated heterocycles. The van der Waals surface area contributed by atoms with Crippen LogP contribution in [0.25, 0.3) is 0 Å². The van der Waals surface area contributed by atoms with E-state index in [9.17, 15) is 32.3 Å². The normalized spacial score (nSPS) is 14.1. The quantitative estimate of drug-likeness (QED) is 0.177. The van der Waals surface area contributed by atoms with E-state index in [4.69, 9.17) is 5.73 Å². The number of carbonyl (C=O) groups excluding carboxylic acids is 2. The monoisotopic (exact) mass is 654 g/mol. The van der Waals surface area contributed by atoms with Crippen LogP contribution in [0.4, 0.5) is 25.9 Å². The third-order valence-corrected chi connectivity index (χ3v) is 9.02. The van der Waals surface area contributed by atoms with E-state index in [2.05, 4.69) is 20.6 Å². The van der Waals surface area contributed by atoms with Gasteiger partial charge in [-0.2, -0.15) is 0 Å². The van der Waals surface area contributed by atoms with Gasteiger partial charge in [-0.05, 0) is 49.4 Å². The van der Waals surface area contributed by atoms with Crippen molar-refractivity contribution >= 4 is 55.9 Å². The first-order valence-electron chi connectivity index (χ1n) is 13.8. The fourth-order valence-corrected chi connectivity index (χ4v) is 6.56. The number of aromatic nitrogens is 3. The molecule has 1 saturated carbocycles. The maximum absolute atomic E-state index is 14.3. The lowest BCUT2D eigenvalue weighted by Crippen LogP contribution is -2.40. The molecule has 236 valence electrons. The first-order chi connectivity index (χ1) is 21.4. The number of anilines is 4. The summed E-state index contributed by atoms with van der Waals surface area (Å²) in [4.78, 5) is 57.9. The van der Waals surface area contributed by atoms with Crippen LogP contribution < -0.4 is 31.9 Å². The molecule has 2 unspecified atom stereocenters. The molecule has 2 heterocycles. The predicted octanol–water partition coefficient (Wildman–Crippen LogP) is 2.97. The van der Waals surface area contributed by atoms with Crippen LogP contribution >= 0.6 is 11.3 Å². The van der Waals surface area contributed by atoms with Gasteiger partial charge in [-0.15, -0.1) is 0 Å². The minimum atomic E-state index is -2.73. The number of thiazole rings is 1. The van der Waals surface area contributed by atoms with Crippen LogP contribution in [0.15, 0.2) is 58.1 Å². The van der Waals surface area contributed by atoms with Gasteiger partial charge in [0.25, 0.3) is 5.56 Å². The molecule has 1 fully saturated rings. The number of H-pyrrole nitrogens is 1. The number of nitrogens with zero attached hydrogens (tertiary/aromatic N) is 3. The van der Waals surface area contributed by atoms with Gasteiger partial charge in [0.2, 0.25) is 11.8 Å². The molecule has 5 N–H and O–H groups in total. The summed E-state index contributed by atoms with van der Waals surface area (Å²) in [6.45, 7) is 2.57. The maximum atomic E-state index is 14.3. The van der Waals surface area contributed by atoms with E-state index in [1.165, 1.54) is 37.3 Å². The largest absolute Gasteiger partial charge is 0.755 e. The summed E-state index contributed by atoms with van der Waals surface area (Å²) in [5.41, 5.74) is 5.94. The minimum absolute atomic E-state index is 0.0386. The lowest BCUT2D eigenvalue weighted by molar-refractivity contribution is -0.116. The van der Waals surface area contributed by atoms with Crippen LogP contribution in [0, 0.1) is 18.7 Å². The van der Waals surface area contributed by atoms with Gasteiger partial charge in [0.1, 0.15) is 16.5 Å². The fourth-order valence-electron chi connectivity index (χ4n) is 4.76. The Balaban J connectivity index is 1.39. The van der Waals surface area contributed by atoms with Crippen molar-refractivity contribution in [3.63, 3.8) is 0 Å². The Morgan fingerprint density at radius 1 is 1.20 bits per heavy atom. The second-order valence-electron chi connectivity index (χ2n) is 10.6. The Morgan fingerprint density at radius 3 is 2.51 bits per heavy atom. The molecule has 5 rings (SSSR count). The van der Waals surface area contributed by atoms with Crippen molar-refractivity contribution in [2.24, 2.45) is 11.7 Å². The second-order valence-corrected chi connectivity index (χ2v) is 12.3. The zero-order valence-electron chi connectivity index (χ0n) is 24.2. The predicted molar refractivity (Wildman–Crippen MR) is 167 cm³/mol. The van der Waals surface area contributed by atoms with Gasteiger partial charge in [-0.3, -0.25) is 27.5 Å². The number of benzene rings is 2. The molecule has 0 spiro atoms. The molecule has 45 heavy (non-hydrogen) atoms. The highest BCUT2D eigenvalue weighted by molar-refractivity contribution is 7.81. The molecule has 2 aromatic heterocycles. The molecule has 4 aromatic rings. The van der Waals surface area contributed by atoms with Crippen LogP contribution in [0.5, 0.6) is 0 Å². The van der Waals surface area contributed by atoms with Gasteiger partial charge in [0.15, 0.2) is 5.13 Å². The van der Waals surface area contributed by atoms with Crippen LogP contribution in [-0.2, 0) is 33.8 Å². The standard InChI is InChI=1S/C29H30FN7O6S2/c1-15-27(44-28(32-15)33-16(2)38)37(45(42)43)20-11-7-17(8-12-20)13-22(39)34-25-24(23(31)18-9-10-18)35-29(41)36(26(25)40)14-19-5-3-4-6-21(19)30/h3-8,11-12,18,23H,9-10,13-14,31H2,1-2H3,(H,34,39)(H,35,41)(H,42,43)(H,32,33,38)/p-1. The first-order valence-corrected chi connectivity index (χ1v) is 15.7. The highest BCUT2D eigenvalue weighted by Gasteiger charge is 2.33. The summed E-state index contributed by atoms with van der Waals surface area (Å²) < 4.78 is 40.5. The summed E-state index contributed by atoms with van der Waals surface area (Å²) >= 11 is -1.74. The van der Waals surface area contributed by atoms with E-state index < -0.39 is 40.3 Å². The van der Waals surface area contributed by atoms with Crippen molar-refractivity contribution in [3.8, 4) is 0 Å². The van der Waals surface area contributed by atoms with Crippen LogP contribution in [0.1, 0.15) is 48.3 Å². The van der Waals surface area contributed by atoms with Gasteiger partial charge >= 0.3 is 5.69 Å². The summed E-state index contributed by atoms with van der Waals surface area (Å²) in [5, 5.41) is 5.66. The van der Waals surface area contributed by atoms with E-state index >= 15 is 0 Å². The molecule has 0 bridgehead atoms. The third kappa shape index (κ3) is 7.25. The zero-order valence-corrected chi connectivity index (χ0v) is 25.8. The van der Waals surface area contributed by atoms with Crippen LogP contribution in [0.2, 0.25) is 0 Å². The smallest absolute Gasteiger partial charge is 0.329 e. The minimum Gasteiger partial charge on any atom is -0.755 e. The number of aryl methyl sites for hydroxylation is 1. The molecule has 0 aliphatic heterocycles. The molecule has 2 aromatic carbocycles. The average molecular weight is 655 g/mol. The molecule has 2 amide bonds. The second kappa shape index (κ2) is 13.2. The van der Waals surface area contributed by atoms with Gasteiger partial charge < -0.3 is 25.9 Å². The summed E-state index contributed by atoms with van der Waals surface area (Å²) in [6, 6.07) is 11.2. The molecular weight excluding hydrogens is 625 g/mol. The number of rotatable bonds is 11. The van der Waals surface area contributed by atoms with Gasteiger partial charge in [-0.1, -0.05) is 41.7 Å². The molecule has 13 nitrogen and oxygen atoms in total. The van der Waals surface area contributed by atoms with E-state index in [1.54, 1.807) is 25.1 Å². The molecular formula is C29H29FN7O6S2-. The number of nitrogens with one attached hydrogen (secondary N) is 3. The lowest BCUT2D eigenvalue weighted by atomic mass is 10.1. The SMILES string of the molecule is CC(=O)Nc1nc(C)c(N(c2ccc(CC(=O)Nc3c(C(N)C4CC4)[nH]c(=O)n(Cc4ccccc4F)c3=O)cc2)S(=O)[O-])s1. The van der Waals surface area contributed by atoms with Crippen molar-refractivity contribution in [2.75, 3.05) is 14.9 Å². The van der Waals surface area contributed by atoms with E-state index in [0.29, 0.717) is 11.3 Å². The fraction of sp³-hybridized carbons (Fsp3) is 0.276. The summed E-state index contributed by atoms with van der Waals surface area (Å²) in [5.74, 6) is -1.48. The first kappa shape index (κ1) is 31.9. The number of aromatic amines is 1. The highest BCUT2D eigenvalue weighted by Crippen LogP contribution is 2.40. The summed E-state index contributed by atoms with van der Waals surface area (Å²) in [6.07, 6.45) is 1.42. The number of amides is 2. The Morgan fingerprint density at radius 2 is 1.89 bits per heavy atom. The van der Waals surface area contributed by atoms with E-state index in [-0.39, 0.29) is 57.6 Å². The Kier molecular flexibility index (Phi) is 9.38. The van der Waals surface area contributed by atoms with Gasteiger partial charge in [-0.25, -0.2) is 14.2 Å². The molecule has 1 aliphatic carbocycles. The summed E-state index contributed by atoms with van der Waals surface area (Å²) in [7, 11) is 0. The molecule has 16 heteroatoms. The maximum Gasteiger partial charge on any atom is 0.329 e. The number of hydrogen-bond donors (Lipinski definition) is 4. The van der Waals surface area contributed by atoms with Crippen molar-refractivity contribution in [1.29, 1.82) is 0 Å². The third-order valence-electron chi connectivity index (χ3n) is 7.15. The highest BCUT2D eigenvalue weighted by atomic mass is 32.2. The molecule has 0 radical (unpaired) electrons. The number of hydrogen-bond acceptors (Lipinski definition) is 9. The van der Waals surface area contributed by atoms with E-state index in [0.717, 1.165) is 33.1 Å². The number of carbonyl (C=O) groups is 2. The van der Waals surface area contributed by atoms with Crippen molar-refractivity contribution in [1.82, 2.24) is 14.5 Å². The van der Waals surface area contributed by atoms with Crippen molar-refractivity contribution in [3.05, 3.63) is 97.7 Å². The molecule has 2 atom stereocenters. The van der Waals surface area contributed by atoms with Crippen LogP contribution in [-0.4, -0.2) is 35.1 Å². The lowest BCUT2D eigenvalue weighted by Gasteiger charge is -2.25. The number of nitrogens with two attached hydrogens (primary N) is 1. The van der Waals surface area contributed by atoms with Crippen molar-refractivity contribution in [2.45, 2.75) is 45.7 Å². The van der Waals surface area contributed by atoms with Crippen LogP contribution in [0.3, 0.4) is 0 Å². The topological polar surface area (TPSA) is 195 Å².